The molecule has 13 heteroatoms. The highest BCUT2D eigenvalue weighted by molar-refractivity contribution is 14.1. The normalized spacial score (nSPS) is 16.3. The van der Waals surface area contributed by atoms with E-state index in [1.807, 2.05) is 35.6 Å². The first kappa shape index (κ1) is 28.6. The first-order valence-corrected chi connectivity index (χ1v) is 14.8. The zero-order chi connectivity index (χ0) is 28.0. The minimum absolute atomic E-state index is 0.0174. The molecule has 3 aromatic rings. The van der Waals surface area contributed by atoms with Gasteiger partial charge in [0.05, 0.1) is 16.9 Å². The molecule has 4 rings (SSSR count). The zero-order valence-corrected chi connectivity index (χ0v) is 24.5. The summed E-state index contributed by atoms with van der Waals surface area (Å²) in [4.78, 5) is 24.6. The highest BCUT2D eigenvalue weighted by Gasteiger charge is 2.32. The second-order valence-electron chi connectivity index (χ2n) is 8.25. The molecule has 1 fully saturated rings. The number of carbonyl (C=O) groups excluding carboxylic acids is 2. The molecule has 39 heavy (non-hydrogen) atoms. The Balaban J connectivity index is 1.42. The molecule has 0 radical (unpaired) electrons. The van der Waals surface area contributed by atoms with Crippen molar-refractivity contribution >= 4 is 73.4 Å². The Bertz CT molecular complexity index is 1540. The highest BCUT2D eigenvalue weighted by atomic mass is 127. The smallest absolute Gasteiger partial charge is 0.339 e. The maximum atomic E-state index is 12.8. The van der Waals surface area contributed by atoms with Crippen LogP contribution in [0.1, 0.15) is 17.5 Å². The number of anilines is 1. The van der Waals surface area contributed by atoms with Crippen molar-refractivity contribution in [2.24, 2.45) is 10.2 Å². The fraction of sp³-hybridized carbons (Fsp3) is 0.154. The lowest BCUT2D eigenvalue weighted by molar-refractivity contribution is -0.122. The van der Waals surface area contributed by atoms with Crippen molar-refractivity contribution in [1.29, 1.82) is 0 Å². The van der Waals surface area contributed by atoms with E-state index in [4.69, 9.17) is 8.92 Å². The molecule has 0 aliphatic carbocycles. The Labute approximate surface area is 243 Å². The van der Waals surface area contributed by atoms with Crippen LogP contribution in [0.15, 0.2) is 81.8 Å². The molecule has 1 aliphatic rings. The van der Waals surface area contributed by atoms with Crippen molar-refractivity contribution < 1.29 is 26.9 Å². The number of carbonyl (C=O) groups is 2. The third kappa shape index (κ3) is 7.58. The molecule has 0 saturated carbocycles. The van der Waals surface area contributed by atoms with Crippen LogP contribution in [0.4, 0.5) is 5.69 Å². The lowest BCUT2D eigenvalue weighted by Gasteiger charge is -2.13. The summed E-state index contributed by atoms with van der Waals surface area (Å²) in [7, 11) is -2.68. The van der Waals surface area contributed by atoms with E-state index in [2.05, 4.69) is 20.8 Å². The molecular weight excluding hydrogens is 655 g/mol. The monoisotopic (exact) mass is 678 g/mol. The second-order valence-corrected chi connectivity index (χ2v) is 12.1. The highest BCUT2D eigenvalue weighted by Crippen LogP contribution is 2.35. The molecule has 2 N–H and O–H groups in total. The summed E-state index contributed by atoms with van der Waals surface area (Å²) in [5, 5.41) is 13.1. The number of thioether (sulfide) groups is 1. The molecule has 0 spiro atoms. The third-order valence-corrected chi connectivity index (χ3v) is 8.42. The van der Waals surface area contributed by atoms with Gasteiger partial charge >= 0.3 is 10.1 Å². The number of benzene rings is 3. The Kier molecular flexibility index (Phi) is 9.24. The molecular formula is C26H23IN4O6S2. The Hall–Kier alpha value is -3.43. The summed E-state index contributed by atoms with van der Waals surface area (Å²) in [6.07, 6.45) is 1.41. The third-order valence-electron chi connectivity index (χ3n) is 5.31. The van der Waals surface area contributed by atoms with Gasteiger partial charge in [0, 0.05) is 12.1 Å². The SMILES string of the molecule is COc1cc(/C=N\N=C2\NC(=O)[C@@H](CC(=O)Nc3ccccc3)S2)cc(I)c1OS(=O)(=O)c1ccc(C)cc1. The Morgan fingerprint density at radius 1 is 1.15 bits per heavy atom. The van der Waals surface area contributed by atoms with E-state index in [1.165, 1.54) is 25.5 Å². The van der Waals surface area contributed by atoms with Crippen LogP contribution in [0.5, 0.6) is 11.5 Å². The summed E-state index contributed by atoms with van der Waals surface area (Å²) < 4.78 is 36.8. The van der Waals surface area contributed by atoms with Gasteiger partial charge in [0.2, 0.25) is 11.8 Å². The summed E-state index contributed by atoms with van der Waals surface area (Å²) in [5.41, 5.74) is 2.14. The van der Waals surface area contributed by atoms with Crippen LogP contribution in [0, 0.1) is 10.5 Å². The molecule has 2 amide bonds. The van der Waals surface area contributed by atoms with Gasteiger partial charge in [0.15, 0.2) is 16.7 Å². The van der Waals surface area contributed by atoms with Gasteiger partial charge < -0.3 is 19.6 Å². The number of aryl methyl sites for hydroxylation is 1. The predicted molar refractivity (Wildman–Crippen MR) is 159 cm³/mol. The molecule has 202 valence electrons. The number of para-hydroxylation sites is 1. The van der Waals surface area contributed by atoms with E-state index < -0.39 is 15.4 Å². The number of amides is 2. The van der Waals surface area contributed by atoms with Gasteiger partial charge in [-0.2, -0.15) is 13.5 Å². The molecule has 1 atom stereocenters. The van der Waals surface area contributed by atoms with Gasteiger partial charge in [0.25, 0.3) is 0 Å². The predicted octanol–water partition coefficient (Wildman–Crippen LogP) is 4.33. The number of rotatable bonds is 9. The van der Waals surface area contributed by atoms with Crippen LogP contribution in [0.2, 0.25) is 0 Å². The fourth-order valence-corrected chi connectivity index (χ4v) is 6.16. The number of nitrogens with one attached hydrogen (secondary N) is 2. The first-order chi connectivity index (χ1) is 18.6. The molecule has 0 unspecified atom stereocenters. The van der Waals surface area contributed by atoms with E-state index in [-0.39, 0.29) is 39.8 Å². The minimum atomic E-state index is -4.07. The number of halogens is 1. The van der Waals surface area contributed by atoms with E-state index in [9.17, 15) is 18.0 Å². The molecule has 0 bridgehead atoms. The summed E-state index contributed by atoms with van der Waals surface area (Å²) >= 11 is 3.06. The van der Waals surface area contributed by atoms with Crippen molar-refractivity contribution in [1.82, 2.24) is 5.32 Å². The van der Waals surface area contributed by atoms with E-state index in [0.717, 1.165) is 17.3 Å². The molecule has 1 heterocycles. The van der Waals surface area contributed by atoms with Crippen LogP contribution < -0.4 is 19.6 Å². The number of nitrogens with zero attached hydrogens (tertiary/aromatic N) is 2. The van der Waals surface area contributed by atoms with Crippen molar-refractivity contribution in [3.63, 3.8) is 0 Å². The maximum absolute atomic E-state index is 12.8. The average molecular weight is 679 g/mol. The Morgan fingerprint density at radius 2 is 1.87 bits per heavy atom. The molecule has 1 aliphatic heterocycles. The zero-order valence-electron chi connectivity index (χ0n) is 20.8. The van der Waals surface area contributed by atoms with Crippen LogP contribution in [0.3, 0.4) is 0 Å². The summed E-state index contributed by atoms with van der Waals surface area (Å²) in [6, 6.07) is 18.5. The largest absolute Gasteiger partial charge is 0.493 e. The van der Waals surface area contributed by atoms with Crippen LogP contribution >= 0.6 is 34.4 Å². The average Bonchev–Trinajstić information content (AvgIpc) is 3.24. The van der Waals surface area contributed by atoms with Gasteiger partial charge in [-0.25, -0.2) is 0 Å². The van der Waals surface area contributed by atoms with Gasteiger partial charge in [0.1, 0.15) is 10.1 Å². The van der Waals surface area contributed by atoms with Crippen molar-refractivity contribution in [2.75, 3.05) is 12.4 Å². The van der Waals surface area contributed by atoms with Gasteiger partial charge in [-0.05, 0) is 71.5 Å². The molecule has 1 saturated heterocycles. The van der Waals surface area contributed by atoms with Crippen molar-refractivity contribution in [3.05, 3.63) is 81.4 Å². The van der Waals surface area contributed by atoms with Crippen LogP contribution in [-0.4, -0.2) is 44.0 Å². The van der Waals surface area contributed by atoms with Gasteiger partial charge in [-0.1, -0.05) is 47.7 Å². The number of amidine groups is 1. The molecule has 10 nitrogen and oxygen atoms in total. The molecule has 0 aromatic heterocycles. The quantitative estimate of drug-likeness (QED) is 0.149. The van der Waals surface area contributed by atoms with Gasteiger partial charge in [-0.3, -0.25) is 9.59 Å². The van der Waals surface area contributed by atoms with Crippen LogP contribution in [0.25, 0.3) is 0 Å². The topological polar surface area (TPSA) is 136 Å². The summed E-state index contributed by atoms with van der Waals surface area (Å²) in [6.45, 7) is 1.86. The number of hydrogen-bond donors (Lipinski definition) is 2. The lowest BCUT2D eigenvalue weighted by Crippen LogP contribution is -2.28. The molecule has 3 aromatic carbocycles. The van der Waals surface area contributed by atoms with Crippen LogP contribution in [-0.2, 0) is 19.7 Å². The Morgan fingerprint density at radius 3 is 2.56 bits per heavy atom. The van der Waals surface area contributed by atoms with Crippen molar-refractivity contribution in [2.45, 2.75) is 23.5 Å². The second kappa shape index (κ2) is 12.6. The standard InChI is InChI=1S/C26H23IN4O6S2/c1-16-8-10-19(11-9-16)39(34,35)37-24-20(27)12-17(13-21(24)36-2)15-28-31-26-30-25(33)22(38-26)14-23(32)29-18-6-4-3-5-7-18/h3-13,15,22H,14H2,1-2H3,(H,29,32)(H,30,31,33)/b28-15-/t22-/m1/s1. The summed E-state index contributed by atoms with van der Waals surface area (Å²) in [5.74, 6) is -0.367. The van der Waals surface area contributed by atoms with Crippen molar-refractivity contribution in [3.8, 4) is 11.5 Å². The number of methoxy groups -OCH3 is 1. The maximum Gasteiger partial charge on any atom is 0.339 e. The number of hydrogen-bond acceptors (Lipinski definition) is 9. The lowest BCUT2D eigenvalue weighted by atomic mass is 10.2. The first-order valence-electron chi connectivity index (χ1n) is 11.5. The van der Waals surface area contributed by atoms with E-state index in [1.54, 1.807) is 48.5 Å². The fourth-order valence-electron chi connectivity index (χ4n) is 3.39. The minimum Gasteiger partial charge on any atom is -0.493 e. The number of ether oxygens (including phenoxy) is 1. The van der Waals surface area contributed by atoms with E-state index in [0.29, 0.717) is 14.8 Å². The van der Waals surface area contributed by atoms with E-state index >= 15 is 0 Å². The van der Waals surface area contributed by atoms with Gasteiger partial charge in [-0.15, -0.1) is 5.10 Å².